The second-order valence-electron chi connectivity index (χ2n) is 6.03. The number of benzene rings is 2. The van der Waals surface area contributed by atoms with E-state index in [4.69, 9.17) is 4.74 Å². The molecule has 5 nitrogen and oxygen atoms in total. The summed E-state index contributed by atoms with van der Waals surface area (Å²) in [5, 5.41) is 11.0. The van der Waals surface area contributed by atoms with E-state index in [0.717, 1.165) is 30.5 Å². The van der Waals surface area contributed by atoms with Gasteiger partial charge in [-0.25, -0.2) is 4.98 Å². The van der Waals surface area contributed by atoms with Crippen molar-refractivity contribution in [3.63, 3.8) is 0 Å². The summed E-state index contributed by atoms with van der Waals surface area (Å²) in [6.45, 7) is 1.33. The highest BCUT2D eigenvalue weighted by Gasteiger charge is 2.18. The van der Waals surface area contributed by atoms with E-state index in [2.05, 4.69) is 33.8 Å². The summed E-state index contributed by atoms with van der Waals surface area (Å²) in [7, 11) is 0. The standard InChI is InChI=1S/C19H19N3O2S/c23-18(20-11-14-7-4-10-24-14)17-12-25-19(22-17)21-16-9-3-6-13-5-1-2-8-15(13)16/h1-3,5-6,8-9,12,14H,4,7,10-11H2,(H,20,23)(H,21,22)/t14-/m1/s1. The fourth-order valence-electron chi connectivity index (χ4n) is 2.99. The average Bonchev–Trinajstić information content (AvgIpc) is 3.32. The highest BCUT2D eigenvalue weighted by Crippen LogP contribution is 2.27. The summed E-state index contributed by atoms with van der Waals surface area (Å²) >= 11 is 1.43. The van der Waals surface area contributed by atoms with E-state index in [0.29, 0.717) is 17.4 Å². The van der Waals surface area contributed by atoms with Crippen molar-refractivity contribution < 1.29 is 9.53 Å². The Balaban J connectivity index is 1.44. The number of nitrogens with zero attached hydrogens (tertiary/aromatic N) is 1. The van der Waals surface area contributed by atoms with E-state index in [1.807, 2.05) is 24.3 Å². The lowest BCUT2D eigenvalue weighted by molar-refractivity contribution is 0.0854. The zero-order valence-electron chi connectivity index (χ0n) is 13.7. The lowest BCUT2D eigenvalue weighted by Gasteiger charge is -2.09. The normalized spacial score (nSPS) is 16.9. The molecule has 1 aliphatic rings. The number of carbonyl (C=O) groups excluding carboxylic acids is 1. The van der Waals surface area contributed by atoms with Crippen LogP contribution in [0.3, 0.4) is 0 Å². The maximum absolute atomic E-state index is 12.2. The number of hydrogen-bond donors (Lipinski definition) is 2. The first-order valence-electron chi connectivity index (χ1n) is 8.40. The highest BCUT2D eigenvalue weighted by molar-refractivity contribution is 7.14. The predicted molar refractivity (Wildman–Crippen MR) is 101 cm³/mol. The molecule has 2 aromatic carbocycles. The monoisotopic (exact) mass is 353 g/mol. The molecule has 1 aliphatic heterocycles. The minimum Gasteiger partial charge on any atom is -0.376 e. The number of aromatic nitrogens is 1. The Bertz CT molecular complexity index is 882. The highest BCUT2D eigenvalue weighted by atomic mass is 32.1. The van der Waals surface area contributed by atoms with Crippen molar-refractivity contribution in [2.75, 3.05) is 18.5 Å². The second kappa shape index (κ2) is 7.21. The van der Waals surface area contributed by atoms with E-state index in [-0.39, 0.29) is 12.0 Å². The Morgan fingerprint density at radius 1 is 1.24 bits per heavy atom. The van der Waals surface area contributed by atoms with Gasteiger partial charge in [0.1, 0.15) is 5.69 Å². The summed E-state index contributed by atoms with van der Waals surface area (Å²) in [6.07, 6.45) is 2.21. The van der Waals surface area contributed by atoms with Crippen LogP contribution in [0, 0.1) is 0 Å². The third-order valence-corrected chi connectivity index (χ3v) is 5.04. The van der Waals surface area contributed by atoms with Crippen molar-refractivity contribution in [3.05, 3.63) is 53.5 Å². The Kier molecular flexibility index (Phi) is 4.63. The largest absolute Gasteiger partial charge is 0.376 e. The molecule has 1 aromatic heterocycles. The smallest absolute Gasteiger partial charge is 0.270 e. The van der Waals surface area contributed by atoms with E-state index < -0.39 is 0 Å². The molecule has 2 heterocycles. The number of ether oxygens (including phenoxy) is 1. The topological polar surface area (TPSA) is 63.2 Å². The predicted octanol–water partition coefficient (Wildman–Crippen LogP) is 3.95. The lowest BCUT2D eigenvalue weighted by Crippen LogP contribution is -2.31. The fraction of sp³-hybridized carbons (Fsp3) is 0.263. The number of anilines is 2. The number of thiazole rings is 1. The molecular weight excluding hydrogens is 334 g/mol. The molecule has 25 heavy (non-hydrogen) atoms. The first-order chi connectivity index (χ1) is 12.3. The summed E-state index contributed by atoms with van der Waals surface area (Å²) in [5.41, 5.74) is 1.42. The van der Waals surface area contributed by atoms with Gasteiger partial charge in [0.2, 0.25) is 0 Å². The van der Waals surface area contributed by atoms with Crippen LogP contribution < -0.4 is 10.6 Å². The van der Waals surface area contributed by atoms with Gasteiger partial charge in [-0.3, -0.25) is 4.79 Å². The van der Waals surface area contributed by atoms with Gasteiger partial charge in [-0.1, -0.05) is 36.4 Å². The zero-order chi connectivity index (χ0) is 17.1. The minimum atomic E-state index is -0.155. The maximum Gasteiger partial charge on any atom is 0.270 e. The van der Waals surface area contributed by atoms with Crippen molar-refractivity contribution >= 4 is 38.8 Å². The molecule has 1 saturated heterocycles. The second-order valence-corrected chi connectivity index (χ2v) is 6.89. The molecular formula is C19H19N3O2S. The molecule has 0 radical (unpaired) electrons. The van der Waals surface area contributed by atoms with E-state index in [9.17, 15) is 4.79 Å². The van der Waals surface area contributed by atoms with Crippen molar-refractivity contribution in [1.29, 1.82) is 0 Å². The molecule has 1 atom stereocenters. The Hall–Kier alpha value is -2.44. The summed E-state index contributed by atoms with van der Waals surface area (Å²) in [5.74, 6) is -0.155. The first kappa shape index (κ1) is 16.1. The third kappa shape index (κ3) is 3.65. The Morgan fingerprint density at radius 2 is 2.12 bits per heavy atom. The molecule has 1 amide bonds. The van der Waals surface area contributed by atoms with Crippen LogP contribution in [-0.4, -0.2) is 30.1 Å². The number of nitrogens with one attached hydrogen (secondary N) is 2. The van der Waals surface area contributed by atoms with Gasteiger partial charge < -0.3 is 15.4 Å². The third-order valence-electron chi connectivity index (χ3n) is 4.28. The fourth-order valence-corrected chi connectivity index (χ4v) is 3.69. The molecule has 4 rings (SSSR count). The van der Waals surface area contributed by atoms with Gasteiger partial charge in [0, 0.05) is 29.6 Å². The van der Waals surface area contributed by atoms with Crippen LogP contribution in [0.25, 0.3) is 10.8 Å². The number of amides is 1. The van der Waals surface area contributed by atoms with Gasteiger partial charge >= 0.3 is 0 Å². The molecule has 2 N–H and O–H groups in total. The van der Waals surface area contributed by atoms with Gasteiger partial charge in [-0.2, -0.15) is 0 Å². The molecule has 3 aromatic rings. The zero-order valence-corrected chi connectivity index (χ0v) is 14.5. The first-order valence-corrected chi connectivity index (χ1v) is 9.28. The van der Waals surface area contributed by atoms with E-state index in [1.165, 1.54) is 16.7 Å². The van der Waals surface area contributed by atoms with Gasteiger partial charge in [0.25, 0.3) is 5.91 Å². The average molecular weight is 353 g/mol. The van der Waals surface area contributed by atoms with Crippen LogP contribution in [-0.2, 0) is 4.74 Å². The van der Waals surface area contributed by atoms with Crippen molar-refractivity contribution in [2.24, 2.45) is 0 Å². The Morgan fingerprint density at radius 3 is 3.00 bits per heavy atom. The summed E-state index contributed by atoms with van der Waals surface area (Å²) in [4.78, 5) is 16.6. The SMILES string of the molecule is O=C(NC[C@H]1CCCO1)c1csc(Nc2cccc3ccccc23)n1. The van der Waals surface area contributed by atoms with Crippen LogP contribution in [0.1, 0.15) is 23.3 Å². The van der Waals surface area contributed by atoms with Gasteiger partial charge in [-0.05, 0) is 24.3 Å². The van der Waals surface area contributed by atoms with Gasteiger partial charge in [0.05, 0.1) is 6.10 Å². The molecule has 0 spiro atoms. The molecule has 0 aliphatic carbocycles. The van der Waals surface area contributed by atoms with Crippen molar-refractivity contribution in [2.45, 2.75) is 18.9 Å². The molecule has 0 unspecified atom stereocenters. The Labute approximate surface area is 150 Å². The number of fused-ring (bicyclic) bond motifs is 1. The summed E-state index contributed by atoms with van der Waals surface area (Å²) < 4.78 is 5.52. The molecule has 0 saturated carbocycles. The van der Waals surface area contributed by atoms with Crippen LogP contribution in [0.4, 0.5) is 10.8 Å². The summed E-state index contributed by atoms with van der Waals surface area (Å²) in [6, 6.07) is 14.3. The van der Waals surface area contributed by atoms with Crippen LogP contribution >= 0.6 is 11.3 Å². The van der Waals surface area contributed by atoms with Crippen LogP contribution in [0.15, 0.2) is 47.8 Å². The number of carbonyl (C=O) groups is 1. The van der Waals surface area contributed by atoms with Crippen LogP contribution in [0.2, 0.25) is 0 Å². The quantitative estimate of drug-likeness (QED) is 0.729. The lowest BCUT2D eigenvalue weighted by atomic mass is 10.1. The van der Waals surface area contributed by atoms with Crippen LogP contribution in [0.5, 0.6) is 0 Å². The number of rotatable bonds is 5. The van der Waals surface area contributed by atoms with Crippen molar-refractivity contribution in [3.8, 4) is 0 Å². The molecule has 128 valence electrons. The molecule has 1 fully saturated rings. The molecule has 0 bridgehead atoms. The van der Waals surface area contributed by atoms with Crippen molar-refractivity contribution in [1.82, 2.24) is 10.3 Å². The van der Waals surface area contributed by atoms with Gasteiger partial charge in [-0.15, -0.1) is 11.3 Å². The minimum absolute atomic E-state index is 0.135. The van der Waals surface area contributed by atoms with E-state index in [1.54, 1.807) is 5.38 Å². The van der Waals surface area contributed by atoms with E-state index >= 15 is 0 Å². The van der Waals surface area contributed by atoms with Gasteiger partial charge in [0.15, 0.2) is 5.13 Å². The maximum atomic E-state index is 12.2. The number of hydrogen-bond acceptors (Lipinski definition) is 5. The molecule has 6 heteroatoms.